The molecule has 1 aromatic carbocycles. The topological polar surface area (TPSA) is 21.3 Å². The molecule has 1 fully saturated rings. The number of benzene rings is 1. The first-order valence-electron chi connectivity index (χ1n) is 6.82. The van der Waals surface area contributed by atoms with Crippen molar-refractivity contribution >= 4 is 0 Å². The van der Waals surface area contributed by atoms with Gasteiger partial charge >= 0.3 is 0 Å². The molecule has 18 heavy (non-hydrogen) atoms. The number of nitrogens with one attached hydrogen (secondary N) is 1. The fraction of sp³-hybridized carbons (Fsp3) is 0.600. The van der Waals surface area contributed by atoms with Crippen LogP contribution >= 0.6 is 0 Å². The molecule has 2 nitrogen and oxygen atoms in total. The van der Waals surface area contributed by atoms with Gasteiger partial charge in [-0.1, -0.05) is 31.0 Å². The number of rotatable bonds is 6. The normalized spacial score (nSPS) is 18.1. The molecule has 2 rings (SSSR count). The summed E-state index contributed by atoms with van der Waals surface area (Å²) in [5.74, 6) is 0.486. The summed E-state index contributed by atoms with van der Waals surface area (Å²) >= 11 is 0. The van der Waals surface area contributed by atoms with Crippen LogP contribution in [-0.2, 0) is 4.74 Å². The summed E-state index contributed by atoms with van der Waals surface area (Å²) in [5.41, 5.74) is 0.657. The van der Waals surface area contributed by atoms with Gasteiger partial charge in [-0.2, -0.15) is 0 Å². The Morgan fingerprint density at radius 3 is 2.72 bits per heavy atom. The van der Waals surface area contributed by atoms with Crippen LogP contribution in [0.25, 0.3) is 0 Å². The van der Waals surface area contributed by atoms with Crippen LogP contribution in [0.15, 0.2) is 24.3 Å². The average Bonchev–Trinajstić information content (AvgIpc) is 2.88. The molecule has 3 heteroatoms. The highest BCUT2D eigenvalue weighted by Gasteiger charge is 2.20. The molecule has 0 heterocycles. The van der Waals surface area contributed by atoms with E-state index in [0.717, 1.165) is 6.61 Å². The first-order chi connectivity index (χ1) is 8.81. The van der Waals surface area contributed by atoms with Crippen LogP contribution < -0.4 is 5.32 Å². The molecule has 0 amide bonds. The van der Waals surface area contributed by atoms with Crippen molar-refractivity contribution < 1.29 is 9.13 Å². The molecule has 0 bridgehead atoms. The predicted octanol–water partition coefficient (Wildman–Crippen LogP) is 3.29. The summed E-state index contributed by atoms with van der Waals surface area (Å²) in [6.07, 6.45) is 4.94. The third-order valence-electron chi connectivity index (χ3n) is 3.65. The van der Waals surface area contributed by atoms with E-state index >= 15 is 0 Å². The number of likely N-dealkylation sites (N-methyl/N-ethyl adjacent to an activating group) is 1. The lowest BCUT2D eigenvalue weighted by Crippen LogP contribution is -2.22. The zero-order valence-corrected chi connectivity index (χ0v) is 11.0. The predicted molar refractivity (Wildman–Crippen MR) is 71.0 cm³/mol. The maximum absolute atomic E-state index is 13.8. The van der Waals surface area contributed by atoms with Gasteiger partial charge in [-0.25, -0.2) is 4.39 Å². The second kappa shape index (κ2) is 6.86. The Hall–Kier alpha value is -0.930. The second-order valence-electron chi connectivity index (χ2n) is 5.05. The highest BCUT2D eigenvalue weighted by molar-refractivity contribution is 5.20. The maximum Gasteiger partial charge on any atom is 0.129 e. The van der Waals surface area contributed by atoms with Crippen molar-refractivity contribution in [2.75, 3.05) is 20.2 Å². The zero-order chi connectivity index (χ0) is 12.8. The summed E-state index contributed by atoms with van der Waals surface area (Å²) in [4.78, 5) is 0. The maximum atomic E-state index is 13.8. The molecule has 1 unspecified atom stereocenters. The molecule has 100 valence electrons. The van der Waals surface area contributed by atoms with Crippen LogP contribution in [-0.4, -0.2) is 20.2 Å². The summed E-state index contributed by atoms with van der Waals surface area (Å²) in [7, 11) is 1.87. The molecule has 1 atom stereocenters. The molecule has 0 saturated heterocycles. The van der Waals surface area contributed by atoms with Crippen molar-refractivity contribution in [3.05, 3.63) is 35.6 Å². The minimum Gasteiger partial charge on any atom is -0.372 e. The summed E-state index contributed by atoms with van der Waals surface area (Å²) in [6, 6.07) is 6.88. The van der Waals surface area contributed by atoms with Gasteiger partial charge in [0.1, 0.15) is 5.82 Å². The Kier molecular flexibility index (Phi) is 5.14. The van der Waals surface area contributed by atoms with E-state index in [1.807, 2.05) is 19.2 Å². The van der Waals surface area contributed by atoms with E-state index < -0.39 is 0 Å². The standard InChI is InChI=1S/C15H22FNO/c1-17-10-15(13-8-4-5-9-14(13)16)18-11-12-6-2-3-7-12/h4-5,8-9,12,15,17H,2-3,6-7,10-11H2,1H3. The smallest absolute Gasteiger partial charge is 0.129 e. The van der Waals surface area contributed by atoms with Gasteiger partial charge in [0.25, 0.3) is 0 Å². The van der Waals surface area contributed by atoms with Crippen LogP contribution in [0.3, 0.4) is 0 Å². The van der Waals surface area contributed by atoms with E-state index in [9.17, 15) is 4.39 Å². The molecule has 0 aliphatic heterocycles. The van der Waals surface area contributed by atoms with Crippen molar-refractivity contribution in [2.24, 2.45) is 5.92 Å². The first-order valence-corrected chi connectivity index (χ1v) is 6.82. The zero-order valence-electron chi connectivity index (χ0n) is 11.0. The Labute approximate surface area is 109 Å². The molecule has 1 aromatic rings. The number of hydrogen-bond donors (Lipinski definition) is 1. The quantitative estimate of drug-likeness (QED) is 0.837. The lowest BCUT2D eigenvalue weighted by Gasteiger charge is -2.20. The van der Waals surface area contributed by atoms with Crippen molar-refractivity contribution in [3.8, 4) is 0 Å². The molecular weight excluding hydrogens is 229 g/mol. The van der Waals surface area contributed by atoms with Gasteiger partial charge in [0.2, 0.25) is 0 Å². The molecule has 0 radical (unpaired) electrons. The van der Waals surface area contributed by atoms with Gasteiger partial charge < -0.3 is 10.1 Å². The van der Waals surface area contributed by atoms with Gasteiger partial charge in [0, 0.05) is 12.1 Å². The monoisotopic (exact) mass is 251 g/mol. The van der Waals surface area contributed by atoms with Crippen molar-refractivity contribution in [2.45, 2.75) is 31.8 Å². The second-order valence-corrected chi connectivity index (χ2v) is 5.05. The van der Waals surface area contributed by atoms with Gasteiger partial charge in [-0.3, -0.25) is 0 Å². The molecule has 1 aliphatic rings. The fourth-order valence-corrected chi connectivity index (χ4v) is 2.61. The highest BCUT2D eigenvalue weighted by atomic mass is 19.1. The number of ether oxygens (including phenoxy) is 1. The number of halogens is 1. The lowest BCUT2D eigenvalue weighted by atomic mass is 10.1. The molecule has 1 saturated carbocycles. The fourth-order valence-electron chi connectivity index (χ4n) is 2.61. The minimum atomic E-state index is -0.184. The Balaban J connectivity index is 1.96. The minimum absolute atomic E-state index is 0.177. The van der Waals surface area contributed by atoms with Crippen molar-refractivity contribution in [3.63, 3.8) is 0 Å². The van der Waals surface area contributed by atoms with E-state index in [4.69, 9.17) is 4.74 Å². The van der Waals surface area contributed by atoms with Crippen LogP contribution in [0.1, 0.15) is 37.4 Å². The lowest BCUT2D eigenvalue weighted by molar-refractivity contribution is 0.0285. The Bertz CT molecular complexity index is 363. The molecule has 0 aromatic heterocycles. The van der Waals surface area contributed by atoms with Gasteiger partial charge in [-0.05, 0) is 31.9 Å². The van der Waals surface area contributed by atoms with Gasteiger partial charge in [-0.15, -0.1) is 0 Å². The van der Waals surface area contributed by atoms with E-state index in [2.05, 4.69) is 5.32 Å². The summed E-state index contributed by atoms with van der Waals surface area (Å²) < 4.78 is 19.7. The van der Waals surface area contributed by atoms with E-state index in [-0.39, 0.29) is 11.9 Å². The summed E-state index contributed by atoms with van der Waals surface area (Å²) in [6.45, 7) is 1.40. The molecule has 0 spiro atoms. The van der Waals surface area contributed by atoms with Crippen LogP contribution in [0, 0.1) is 11.7 Å². The Morgan fingerprint density at radius 1 is 1.33 bits per heavy atom. The third kappa shape index (κ3) is 3.53. The van der Waals surface area contributed by atoms with E-state index in [1.54, 1.807) is 6.07 Å². The van der Waals surface area contributed by atoms with Crippen LogP contribution in [0.4, 0.5) is 4.39 Å². The van der Waals surface area contributed by atoms with E-state index in [0.29, 0.717) is 18.0 Å². The Morgan fingerprint density at radius 2 is 2.06 bits per heavy atom. The molecular formula is C15H22FNO. The van der Waals surface area contributed by atoms with Crippen molar-refractivity contribution in [1.82, 2.24) is 5.32 Å². The third-order valence-corrected chi connectivity index (χ3v) is 3.65. The largest absolute Gasteiger partial charge is 0.372 e. The van der Waals surface area contributed by atoms with Gasteiger partial charge in [0.15, 0.2) is 0 Å². The first kappa shape index (κ1) is 13.5. The van der Waals surface area contributed by atoms with Crippen LogP contribution in [0.2, 0.25) is 0 Å². The number of hydrogen-bond acceptors (Lipinski definition) is 2. The summed E-state index contributed by atoms with van der Waals surface area (Å²) in [5, 5.41) is 3.08. The van der Waals surface area contributed by atoms with E-state index in [1.165, 1.54) is 31.7 Å². The van der Waals surface area contributed by atoms with Gasteiger partial charge in [0.05, 0.1) is 12.7 Å². The highest BCUT2D eigenvalue weighted by Crippen LogP contribution is 2.27. The van der Waals surface area contributed by atoms with Crippen LogP contribution in [0.5, 0.6) is 0 Å². The molecule has 1 N–H and O–H groups in total. The average molecular weight is 251 g/mol. The molecule has 1 aliphatic carbocycles. The SMILES string of the molecule is CNCC(OCC1CCCC1)c1ccccc1F. The van der Waals surface area contributed by atoms with Crippen molar-refractivity contribution in [1.29, 1.82) is 0 Å².